The fourth-order valence-electron chi connectivity index (χ4n) is 2.56. The molecule has 2 N–H and O–H groups in total. The topological polar surface area (TPSA) is 76.0 Å². The molecule has 1 aromatic carbocycles. The van der Waals surface area contributed by atoms with Gasteiger partial charge in [-0.25, -0.2) is 4.39 Å². The minimum atomic E-state index is -0.391. The molecule has 0 aliphatic rings. The summed E-state index contributed by atoms with van der Waals surface area (Å²) in [6.45, 7) is 7.33. The Kier molecular flexibility index (Phi) is 6.89. The minimum absolute atomic E-state index is 0.217. The predicted molar refractivity (Wildman–Crippen MR) is 97.5 cm³/mol. The van der Waals surface area contributed by atoms with Crippen LogP contribution in [0.15, 0.2) is 30.3 Å². The maximum atomic E-state index is 12.9. The van der Waals surface area contributed by atoms with Crippen LogP contribution in [0.25, 0.3) is 0 Å². The summed E-state index contributed by atoms with van der Waals surface area (Å²) in [5, 5.41) is 9.92. The van der Waals surface area contributed by atoms with Gasteiger partial charge in [-0.2, -0.15) is 5.10 Å². The van der Waals surface area contributed by atoms with Crippen molar-refractivity contribution < 1.29 is 14.0 Å². The second-order valence-electron chi connectivity index (χ2n) is 6.45. The van der Waals surface area contributed by atoms with Crippen LogP contribution in [0.4, 0.5) is 4.39 Å². The first-order chi connectivity index (χ1) is 12.4. The minimum Gasteiger partial charge on any atom is -0.350 e. The smallest absolute Gasteiger partial charge is 0.269 e. The molecule has 0 spiro atoms. The zero-order chi connectivity index (χ0) is 19.1. The molecule has 140 valence electrons. The number of hydrogen-bond donors (Lipinski definition) is 2. The van der Waals surface area contributed by atoms with E-state index in [0.717, 1.165) is 12.1 Å². The van der Waals surface area contributed by atoms with Crippen molar-refractivity contribution in [2.24, 2.45) is 5.92 Å². The molecule has 0 saturated heterocycles. The van der Waals surface area contributed by atoms with E-state index in [4.69, 9.17) is 0 Å². The van der Waals surface area contributed by atoms with E-state index in [-0.39, 0.29) is 18.4 Å². The second kappa shape index (κ2) is 9.12. The first-order valence-corrected chi connectivity index (χ1v) is 8.79. The Bertz CT molecular complexity index is 753. The lowest BCUT2D eigenvalue weighted by atomic mass is 10.1. The highest BCUT2D eigenvalue weighted by Gasteiger charge is 2.15. The Balaban J connectivity index is 1.84. The van der Waals surface area contributed by atoms with Gasteiger partial charge in [0.05, 0.1) is 5.69 Å². The highest BCUT2D eigenvalue weighted by molar-refractivity contribution is 5.94. The molecule has 0 bridgehead atoms. The zero-order valence-electron chi connectivity index (χ0n) is 15.4. The summed E-state index contributed by atoms with van der Waals surface area (Å²) >= 11 is 0. The van der Waals surface area contributed by atoms with Crippen molar-refractivity contribution in [3.8, 4) is 0 Å². The average Bonchev–Trinajstić information content (AvgIpc) is 3.01. The molecular weight excluding hydrogens is 335 g/mol. The fraction of sp³-hybridized carbons (Fsp3) is 0.421. The van der Waals surface area contributed by atoms with Gasteiger partial charge in [0, 0.05) is 25.2 Å². The number of aryl methyl sites for hydroxylation is 1. The van der Waals surface area contributed by atoms with E-state index >= 15 is 0 Å². The Labute approximate surface area is 152 Å². The number of nitrogens with one attached hydrogen (secondary N) is 2. The van der Waals surface area contributed by atoms with E-state index in [9.17, 15) is 14.0 Å². The molecule has 2 amide bonds. The van der Waals surface area contributed by atoms with Crippen LogP contribution in [0.1, 0.15) is 47.3 Å². The van der Waals surface area contributed by atoms with Gasteiger partial charge in [-0.3, -0.25) is 14.3 Å². The molecule has 7 heteroatoms. The van der Waals surface area contributed by atoms with Gasteiger partial charge in [-0.1, -0.05) is 13.8 Å². The van der Waals surface area contributed by atoms with Crippen LogP contribution in [0, 0.1) is 11.7 Å². The Morgan fingerprint density at radius 2 is 1.73 bits per heavy atom. The molecule has 0 saturated carbocycles. The van der Waals surface area contributed by atoms with Crippen molar-refractivity contribution in [3.63, 3.8) is 0 Å². The molecule has 2 aromatic rings. The largest absolute Gasteiger partial charge is 0.350 e. The van der Waals surface area contributed by atoms with E-state index in [1.165, 1.54) is 24.3 Å². The van der Waals surface area contributed by atoms with Gasteiger partial charge < -0.3 is 10.6 Å². The fourth-order valence-corrected chi connectivity index (χ4v) is 2.56. The zero-order valence-corrected chi connectivity index (χ0v) is 15.4. The van der Waals surface area contributed by atoms with E-state index < -0.39 is 5.82 Å². The summed E-state index contributed by atoms with van der Waals surface area (Å²) in [6, 6.07) is 7.11. The summed E-state index contributed by atoms with van der Waals surface area (Å²) in [5.41, 5.74) is 1.80. The maximum absolute atomic E-state index is 12.9. The van der Waals surface area contributed by atoms with Crippen LogP contribution >= 0.6 is 0 Å². The van der Waals surface area contributed by atoms with E-state index in [0.29, 0.717) is 30.3 Å². The van der Waals surface area contributed by atoms with Crippen molar-refractivity contribution in [1.82, 2.24) is 20.4 Å². The van der Waals surface area contributed by atoms with Gasteiger partial charge in [0.25, 0.3) is 11.8 Å². The third kappa shape index (κ3) is 5.40. The van der Waals surface area contributed by atoms with Crippen molar-refractivity contribution >= 4 is 11.8 Å². The quantitative estimate of drug-likeness (QED) is 0.710. The lowest BCUT2D eigenvalue weighted by Gasteiger charge is -2.08. The number of aromatic nitrogens is 2. The molecule has 1 heterocycles. The number of nitrogens with zero attached hydrogens (tertiary/aromatic N) is 2. The number of halogens is 1. The third-order valence-corrected chi connectivity index (χ3v) is 3.78. The van der Waals surface area contributed by atoms with Crippen LogP contribution in [-0.4, -0.2) is 34.7 Å². The summed E-state index contributed by atoms with van der Waals surface area (Å²) in [6.07, 6.45) is 0.820. The molecule has 0 atom stereocenters. The monoisotopic (exact) mass is 360 g/mol. The Morgan fingerprint density at radius 1 is 1.12 bits per heavy atom. The molecule has 6 nitrogen and oxygen atoms in total. The first-order valence-electron chi connectivity index (χ1n) is 8.79. The highest BCUT2D eigenvalue weighted by atomic mass is 19.1. The van der Waals surface area contributed by atoms with Crippen LogP contribution < -0.4 is 10.6 Å². The molecule has 2 rings (SSSR count). The lowest BCUT2D eigenvalue weighted by molar-refractivity contribution is 0.0921. The number of carbonyl (C=O) groups excluding carboxylic acids is 2. The number of carbonyl (C=O) groups is 2. The molecule has 1 aromatic heterocycles. The lowest BCUT2D eigenvalue weighted by Crippen LogP contribution is -2.35. The van der Waals surface area contributed by atoms with Gasteiger partial charge in [0.15, 0.2) is 0 Å². The van der Waals surface area contributed by atoms with Crippen molar-refractivity contribution in [3.05, 3.63) is 53.1 Å². The van der Waals surface area contributed by atoms with Crippen molar-refractivity contribution in [2.75, 3.05) is 13.1 Å². The molecule has 0 aliphatic carbocycles. The SMILES string of the molecule is CCn1nc(CC(C)C)cc1C(=O)NCCNC(=O)c1ccc(F)cc1. The van der Waals surface area contributed by atoms with Crippen LogP contribution in [0.2, 0.25) is 0 Å². The average molecular weight is 360 g/mol. The van der Waals surface area contributed by atoms with Crippen LogP contribution in [0.5, 0.6) is 0 Å². The summed E-state index contributed by atoms with van der Waals surface area (Å²) in [5.74, 6) is -0.451. The summed E-state index contributed by atoms with van der Waals surface area (Å²) in [7, 11) is 0. The molecule has 0 aliphatic heterocycles. The number of benzene rings is 1. The van der Waals surface area contributed by atoms with Gasteiger partial charge >= 0.3 is 0 Å². The highest BCUT2D eigenvalue weighted by Crippen LogP contribution is 2.10. The van der Waals surface area contributed by atoms with Crippen LogP contribution in [-0.2, 0) is 13.0 Å². The number of rotatable bonds is 8. The molecule has 0 unspecified atom stereocenters. The van der Waals surface area contributed by atoms with Gasteiger partial charge in [0.2, 0.25) is 0 Å². The normalized spacial score (nSPS) is 10.8. The van der Waals surface area contributed by atoms with Gasteiger partial charge in [-0.15, -0.1) is 0 Å². The first kappa shape index (κ1) is 19.6. The molecule has 0 radical (unpaired) electrons. The molecule has 0 fully saturated rings. The number of amides is 2. The standard InChI is InChI=1S/C19H25FN4O2/c1-4-24-17(12-16(23-24)11-13(2)3)19(26)22-10-9-21-18(25)14-5-7-15(20)8-6-14/h5-8,12-13H,4,9-11H2,1-3H3,(H,21,25)(H,22,26). The summed E-state index contributed by atoms with van der Waals surface area (Å²) in [4.78, 5) is 24.3. The molecule has 26 heavy (non-hydrogen) atoms. The van der Waals surface area contributed by atoms with Crippen molar-refractivity contribution in [1.29, 1.82) is 0 Å². The van der Waals surface area contributed by atoms with E-state index in [1.54, 1.807) is 4.68 Å². The predicted octanol–water partition coefficient (Wildman–Crippen LogP) is 2.40. The Hall–Kier alpha value is -2.70. The van der Waals surface area contributed by atoms with Gasteiger partial charge in [-0.05, 0) is 49.6 Å². The van der Waals surface area contributed by atoms with Crippen molar-refractivity contribution in [2.45, 2.75) is 33.7 Å². The molecular formula is C19H25FN4O2. The second-order valence-corrected chi connectivity index (χ2v) is 6.45. The van der Waals surface area contributed by atoms with Gasteiger partial charge in [0.1, 0.15) is 11.5 Å². The van der Waals surface area contributed by atoms with E-state index in [1.807, 2.05) is 13.0 Å². The Morgan fingerprint density at radius 3 is 2.31 bits per heavy atom. The number of hydrogen-bond acceptors (Lipinski definition) is 3. The third-order valence-electron chi connectivity index (χ3n) is 3.78. The summed E-state index contributed by atoms with van der Waals surface area (Å²) < 4.78 is 14.5. The van der Waals surface area contributed by atoms with E-state index in [2.05, 4.69) is 29.6 Å². The maximum Gasteiger partial charge on any atom is 0.269 e. The van der Waals surface area contributed by atoms with Crippen LogP contribution in [0.3, 0.4) is 0 Å².